The summed E-state index contributed by atoms with van der Waals surface area (Å²) in [6, 6.07) is 15.7. The second kappa shape index (κ2) is 5.21. The molecule has 2 aromatic rings. The summed E-state index contributed by atoms with van der Waals surface area (Å²) in [5.41, 5.74) is 7.04. The summed E-state index contributed by atoms with van der Waals surface area (Å²) in [6.07, 6.45) is 1.10. The van der Waals surface area contributed by atoms with Crippen molar-refractivity contribution in [3.05, 3.63) is 59.2 Å². The Labute approximate surface area is 117 Å². The van der Waals surface area contributed by atoms with Crippen LogP contribution in [-0.4, -0.2) is 0 Å². The average molecular weight is 252 g/mol. The molecule has 0 spiro atoms. The predicted octanol–water partition coefficient (Wildman–Crippen LogP) is 5.52. The first kappa shape index (κ1) is 13.9. The van der Waals surface area contributed by atoms with Gasteiger partial charge < -0.3 is 0 Å². The maximum atomic E-state index is 2.31. The summed E-state index contributed by atoms with van der Waals surface area (Å²) in [5, 5.41) is 0. The molecular formula is C19H24. The van der Waals surface area contributed by atoms with E-state index < -0.39 is 0 Å². The molecule has 0 heteroatoms. The largest absolute Gasteiger partial charge is 0.0613 e. The highest BCUT2D eigenvalue weighted by atomic mass is 14.2. The number of aryl methyl sites for hydroxylation is 2. The topological polar surface area (TPSA) is 0 Å². The summed E-state index contributed by atoms with van der Waals surface area (Å²) >= 11 is 0. The zero-order valence-electron chi connectivity index (χ0n) is 12.7. The zero-order chi connectivity index (χ0) is 14.0. The lowest BCUT2D eigenvalue weighted by Crippen LogP contribution is -2.12. The third-order valence-corrected chi connectivity index (χ3v) is 3.73. The van der Waals surface area contributed by atoms with Crippen molar-refractivity contribution in [2.24, 2.45) is 0 Å². The van der Waals surface area contributed by atoms with Gasteiger partial charge in [-0.15, -0.1) is 0 Å². The summed E-state index contributed by atoms with van der Waals surface area (Å²) in [5.74, 6) is 0. The van der Waals surface area contributed by atoms with Crippen molar-refractivity contribution in [1.82, 2.24) is 0 Å². The highest BCUT2D eigenvalue weighted by Gasteiger charge is 2.16. The molecule has 0 aliphatic carbocycles. The van der Waals surface area contributed by atoms with Crippen LogP contribution < -0.4 is 0 Å². The van der Waals surface area contributed by atoms with Gasteiger partial charge in [-0.2, -0.15) is 0 Å². The highest BCUT2D eigenvalue weighted by molar-refractivity contribution is 5.65. The van der Waals surface area contributed by atoms with E-state index >= 15 is 0 Å². The molecular weight excluding hydrogens is 228 g/mol. The minimum absolute atomic E-state index is 0.217. The first-order chi connectivity index (χ1) is 8.91. The molecule has 0 unspecified atom stereocenters. The van der Waals surface area contributed by atoms with Crippen LogP contribution in [0.4, 0.5) is 0 Å². The Morgan fingerprint density at radius 1 is 0.842 bits per heavy atom. The molecule has 0 heterocycles. The quantitative estimate of drug-likeness (QED) is 0.660. The Hall–Kier alpha value is -1.56. The minimum Gasteiger partial charge on any atom is -0.0613 e. The van der Waals surface area contributed by atoms with Gasteiger partial charge in [0.1, 0.15) is 0 Å². The van der Waals surface area contributed by atoms with Gasteiger partial charge in [0.15, 0.2) is 0 Å². The molecule has 2 aromatic carbocycles. The van der Waals surface area contributed by atoms with Crippen LogP contribution in [0, 0.1) is 6.92 Å². The average Bonchev–Trinajstić information content (AvgIpc) is 2.37. The lowest BCUT2D eigenvalue weighted by atomic mass is 9.83. The molecule has 0 saturated heterocycles. The van der Waals surface area contributed by atoms with E-state index in [-0.39, 0.29) is 5.41 Å². The smallest absolute Gasteiger partial charge is 0.0129 e. The molecule has 0 radical (unpaired) electrons. The molecule has 0 aliphatic heterocycles. The van der Waals surface area contributed by atoms with Crippen molar-refractivity contribution >= 4 is 0 Å². The van der Waals surface area contributed by atoms with E-state index in [2.05, 4.69) is 77.1 Å². The van der Waals surface area contributed by atoms with Crippen molar-refractivity contribution in [2.45, 2.75) is 46.5 Å². The summed E-state index contributed by atoms with van der Waals surface area (Å²) in [7, 11) is 0. The number of benzene rings is 2. The number of rotatable bonds is 2. The first-order valence-corrected chi connectivity index (χ1v) is 7.12. The third kappa shape index (κ3) is 3.07. The van der Waals surface area contributed by atoms with Crippen molar-refractivity contribution in [3.8, 4) is 11.1 Å². The minimum atomic E-state index is 0.217. The first-order valence-electron chi connectivity index (χ1n) is 7.12. The van der Waals surface area contributed by atoms with E-state index in [4.69, 9.17) is 0 Å². The zero-order valence-corrected chi connectivity index (χ0v) is 12.7. The lowest BCUT2D eigenvalue weighted by molar-refractivity contribution is 0.586. The van der Waals surface area contributed by atoms with E-state index in [0.29, 0.717) is 0 Å². The van der Waals surface area contributed by atoms with Crippen LogP contribution in [-0.2, 0) is 11.8 Å². The van der Waals surface area contributed by atoms with Crippen LogP contribution in [0.3, 0.4) is 0 Å². The van der Waals surface area contributed by atoms with E-state index in [1.54, 1.807) is 0 Å². The Bertz CT molecular complexity index is 554. The fourth-order valence-corrected chi connectivity index (χ4v) is 2.62. The molecule has 2 rings (SSSR count). The molecule has 100 valence electrons. The molecule has 0 atom stereocenters. The van der Waals surface area contributed by atoms with Crippen LogP contribution in [0.15, 0.2) is 42.5 Å². The van der Waals surface area contributed by atoms with Crippen LogP contribution >= 0.6 is 0 Å². The van der Waals surface area contributed by atoms with Gasteiger partial charge in [0.05, 0.1) is 0 Å². The fraction of sp³-hybridized carbons (Fsp3) is 0.368. The summed E-state index contributed by atoms with van der Waals surface area (Å²) in [4.78, 5) is 0. The second-order valence-electron chi connectivity index (χ2n) is 6.33. The SMILES string of the molecule is CCc1ccc(-c2ccc(C(C)(C)C)c(C)c2)cc1. The summed E-state index contributed by atoms with van der Waals surface area (Å²) < 4.78 is 0. The molecule has 0 aromatic heterocycles. The van der Waals surface area contributed by atoms with Gasteiger partial charge in [-0.1, -0.05) is 70.2 Å². The molecule has 19 heavy (non-hydrogen) atoms. The molecule has 0 nitrogen and oxygen atoms in total. The van der Waals surface area contributed by atoms with E-state index in [1.165, 1.54) is 27.8 Å². The van der Waals surface area contributed by atoms with Gasteiger partial charge in [-0.05, 0) is 46.6 Å². The molecule has 0 N–H and O–H groups in total. The van der Waals surface area contributed by atoms with E-state index in [9.17, 15) is 0 Å². The van der Waals surface area contributed by atoms with Gasteiger partial charge in [0, 0.05) is 0 Å². The van der Waals surface area contributed by atoms with Crippen molar-refractivity contribution in [3.63, 3.8) is 0 Å². The third-order valence-electron chi connectivity index (χ3n) is 3.73. The van der Waals surface area contributed by atoms with Crippen LogP contribution in [0.25, 0.3) is 11.1 Å². The van der Waals surface area contributed by atoms with Gasteiger partial charge in [-0.25, -0.2) is 0 Å². The second-order valence-corrected chi connectivity index (χ2v) is 6.33. The number of hydrogen-bond acceptors (Lipinski definition) is 0. The highest BCUT2D eigenvalue weighted by Crippen LogP contribution is 2.29. The Balaban J connectivity index is 2.38. The van der Waals surface area contributed by atoms with Crippen LogP contribution in [0.2, 0.25) is 0 Å². The van der Waals surface area contributed by atoms with Gasteiger partial charge >= 0.3 is 0 Å². The van der Waals surface area contributed by atoms with Gasteiger partial charge in [0.2, 0.25) is 0 Å². The normalized spacial score (nSPS) is 11.6. The summed E-state index contributed by atoms with van der Waals surface area (Å²) in [6.45, 7) is 11.2. The fourth-order valence-electron chi connectivity index (χ4n) is 2.62. The van der Waals surface area contributed by atoms with Crippen molar-refractivity contribution in [1.29, 1.82) is 0 Å². The Morgan fingerprint density at radius 3 is 1.89 bits per heavy atom. The van der Waals surface area contributed by atoms with Gasteiger partial charge in [0.25, 0.3) is 0 Å². The standard InChI is InChI=1S/C19H24/c1-6-15-7-9-16(10-8-15)17-11-12-18(14(2)13-17)19(3,4)5/h7-13H,6H2,1-5H3. The number of hydrogen-bond donors (Lipinski definition) is 0. The van der Waals surface area contributed by atoms with E-state index in [1.807, 2.05) is 0 Å². The molecule has 0 saturated carbocycles. The monoisotopic (exact) mass is 252 g/mol. The van der Waals surface area contributed by atoms with Gasteiger partial charge in [-0.3, -0.25) is 0 Å². The maximum absolute atomic E-state index is 2.31. The maximum Gasteiger partial charge on any atom is -0.0129 e. The van der Waals surface area contributed by atoms with Crippen LogP contribution in [0.1, 0.15) is 44.4 Å². The predicted molar refractivity (Wildman–Crippen MR) is 84.7 cm³/mol. The van der Waals surface area contributed by atoms with Crippen LogP contribution in [0.5, 0.6) is 0 Å². The Morgan fingerprint density at radius 2 is 1.42 bits per heavy atom. The molecule has 0 amide bonds. The molecule has 0 fully saturated rings. The molecule has 0 bridgehead atoms. The lowest BCUT2D eigenvalue weighted by Gasteiger charge is -2.22. The van der Waals surface area contributed by atoms with Crippen molar-refractivity contribution < 1.29 is 0 Å². The van der Waals surface area contributed by atoms with E-state index in [0.717, 1.165) is 6.42 Å². The Kier molecular flexibility index (Phi) is 3.80. The molecule has 0 aliphatic rings. The van der Waals surface area contributed by atoms with Crippen molar-refractivity contribution in [2.75, 3.05) is 0 Å².